The first-order valence-electron chi connectivity index (χ1n) is 6.11. The largest absolute Gasteiger partial charge is 0.493 e. The maximum absolute atomic E-state index is 11.0. The van der Waals surface area contributed by atoms with E-state index in [0.717, 1.165) is 29.9 Å². The lowest BCUT2D eigenvalue weighted by molar-refractivity contribution is 0.0696. The van der Waals surface area contributed by atoms with Gasteiger partial charge >= 0.3 is 5.97 Å². The number of ether oxygens (including phenoxy) is 1. The average Bonchev–Trinajstić information content (AvgIpc) is 3.10. The van der Waals surface area contributed by atoms with E-state index in [4.69, 9.17) is 9.84 Å². The van der Waals surface area contributed by atoms with Gasteiger partial charge in [-0.05, 0) is 55.4 Å². The molecule has 3 nitrogen and oxygen atoms in total. The normalized spacial score (nSPS) is 14.7. The predicted molar refractivity (Wildman–Crippen MR) is 65.7 cm³/mol. The number of aromatic carboxylic acids is 1. The molecular formula is C14H18O3. The van der Waals surface area contributed by atoms with Crippen LogP contribution in [0.2, 0.25) is 0 Å². The number of rotatable bonds is 5. The minimum Gasteiger partial charge on any atom is -0.493 e. The van der Waals surface area contributed by atoms with Crippen molar-refractivity contribution in [3.05, 3.63) is 28.8 Å². The van der Waals surface area contributed by atoms with Crippen molar-refractivity contribution in [3.63, 3.8) is 0 Å². The van der Waals surface area contributed by atoms with Gasteiger partial charge < -0.3 is 9.84 Å². The number of carboxylic acids is 1. The van der Waals surface area contributed by atoms with E-state index in [1.807, 2.05) is 13.8 Å². The lowest BCUT2D eigenvalue weighted by Crippen LogP contribution is -2.06. The number of carbonyl (C=O) groups is 1. The Morgan fingerprint density at radius 2 is 2.18 bits per heavy atom. The third-order valence-electron chi connectivity index (χ3n) is 3.14. The lowest BCUT2D eigenvalue weighted by atomic mass is 10.0. The summed E-state index contributed by atoms with van der Waals surface area (Å²) in [4.78, 5) is 11.0. The fourth-order valence-corrected chi connectivity index (χ4v) is 1.93. The Morgan fingerprint density at radius 1 is 1.47 bits per heavy atom. The Hall–Kier alpha value is -1.51. The van der Waals surface area contributed by atoms with Crippen LogP contribution in [0.25, 0.3) is 0 Å². The highest BCUT2D eigenvalue weighted by Crippen LogP contribution is 2.32. The Kier molecular flexibility index (Phi) is 3.36. The maximum Gasteiger partial charge on any atom is 0.335 e. The zero-order valence-electron chi connectivity index (χ0n) is 10.3. The molecule has 0 spiro atoms. The van der Waals surface area contributed by atoms with Crippen LogP contribution < -0.4 is 4.74 Å². The van der Waals surface area contributed by atoms with Gasteiger partial charge in [0.1, 0.15) is 5.75 Å². The molecule has 0 radical (unpaired) electrons. The molecule has 1 aliphatic carbocycles. The van der Waals surface area contributed by atoms with Crippen molar-refractivity contribution < 1.29 is 14.6 Å². The molecule has 1 aromatic carbocycles. The summed E-state index contributed by atoms with van der Waals surface area (Å²) in [6.45, 7) is 4.69. The number of benzene rings is 1. The van der Waals surface area contributed by atoms with E-state index in [2.05, 4.69) is 0 Å². The highest BCUT2D eigenvalue weighted by molar-refractivity contribution is 5.88. The van der Waals surface area contributed by atoms with Crippen molar-refractivity contribution in [1.29, 1.82) is 0 Å². The van der Waals surface area contributed by atoms with Crippen molar-refractivity contribution in [1.82, 2.24) is 0 Å². The predicted octanol–water partition coefficient (Wildman–Crippen LogP) is 3.04. The van der Waals surface area contributed by atoms with Crippen molar-refractivity contribution in [2.45, 2.75) is 33.1 Å². The fourth-order valence-electron chi connectivity index (χ4n) is 1.93. The molecule has 0 bridgehead atoms. The zero-order chi connectivity index (χ0) is 12.4. The monoisotopic (exact) mass is 234 g/mol. The van der Waals surface area contributed by atoms with E-state index in [1.54, 1.807) is 12.1 Å². The minimum absolute atomic E-state index is 0.345. The first kappa shape index (κ1) is 12.0. The topological polar surface area (TPSA) is 46.5 Å². The van der Waals surface area contributed by atoms with E-state index >= 15 is 0 Å². The molecule has 0 saturated heterocycles. The minimum atomic E-state index is -0.878. The van der Waals surface area contributed by atoms with Gasteiger partial charge in [0.2, 0.25) is 0 Å². The van der Waals surface area contributed by atoms with Crippen molar-refractivity contribution >= 4 is 5.97 Å². The summed E-state index contributed by atoms with van der Waals surface area (Å²) in [5.74, 6) is 0.708. The Morgan fingerprint density at radius 3 is 2.71 bits per heavy atom. The third kappa shape index (κ3) is 2.78. The average molecular weight is 234 g/mol. The van der Waals surface area contributed by atoms with Crippen molar-refractivity contribution in [3.8, 4) is 5.75 Å². The highest BCUT2D eigenvalue weighted by Gasteiger charge is 2.23. The van der Waals surface area contributed by atoms with Crippen LogP contribution in [0, 0.1) is 12.8 Å². The van der Waals surface area contributed by atoms with Gasteiger partial charge in [-0.15, -0.1) is 0 Å². The molecule has 0 amide bonds. The van der Waals surface area contributed by atoms with Gasteiger partial charge in [0.15, 0.2) is 0 Å². The smallest absolute Gasteiger partial charge is 0.335 e. The fraction of sp³-hybridized carbons (Fsp3) is 0.500. The second kappa shape index (κ2) is 4.78. The Balaban J connectivity index is 2.25. The summed E-state index contributed by atoms with van der Waals surface area (Å²) in [7, 11) is 0. The van der Waals surface area contributed by atoms with Crippen LogP contribution in [-0.4, -0.2) is 17.7 Å². The van der Waals surface area contributed by atoms with Gasteiger partial charge in [-0.1, -0.05) is 6.92 Å². The van der Waals surface area contributed by atoms with Crippen LogP contribution >= 0.6 is 0 Å². The molecule has 0 aromatic heterocycles. The lowest BCUT2D eigenvalue weighted by Gasteiger charge is -2.14. The van der Waals surface area contributed by atoms with E-state index < -0.39 is 5.97 Å². The SMILES string of the molecule is CCc1cc(C(=O)O)cc(C)c1OCC1CC1. The molecule has 2 rings (SSSR count). The molecule has 3 heteroatoms. The molecule has 0 aliphatic heterocycles. The summed E-state index contributed by atoms with van der Waals surface area (Å²) in [5.41, 5.74) is 2.25. The van der Waals surface area contributed by atoms with Gasteiger partial charge in [-0.3, -0.25) is 0 Å². The Bertz CT molecular complexity index is 433. The van der Waals surface area contributed by atoms with Crippen LogP contribution in [0.5, 0.6) is 5.75 Å². The van der Waals surface area contributed by atoms with Gasteiger partial charge in [-0.2, -0.15) is 0 Å². The second-order valence-electron chi connectivity index (χ2n) is 4.69. The number of hydrogen-bond acceptors (Lipinski definition) is 2. The van der Waals surface area contributed by atoms with Crippen LogP contribution in [-0.2, 0) is 6.42 Å². The van der Waals surface area contributed by atoms with Gasteiger partial charge in [0, 0.05) is 0 Å². The first-order chi connectivity index (χ1) is 8.11. The zero-order valence-corrected chi connectivity index (χ0v) is 10.3. The van der Waals surface area contributed by atoms with E-state index in [0.29, 0.717) is 11.5 Å². The van der Waals surface area contributed by atoms with E-state index in [1.165, 1.54) is 12.8 Å². The van der Waals surface area contributed by atoms with Crippen LogP contribution in [0.3, 0.4) is 0 Å². The molecule has 1 aromatic rings. The van der Waals surface area contributed by atoms with E-state index in [9.17, 15) is 4.79 Å². The first-order valence-corrected chi connectivity index (χ1v) is 6.11. The summed E-state index contributed by atoms with van der Waals surface area (Å²) in [5, 5.41) is 9.01. The molecule has 1 N–H and O–H groups in total. The molecular weight excluding hydrogens is 216 g/mol. The van der Waals surface area contributed by atoms with Gasteiger partial charge in [-0.25, -0.2) is 4.79 Å². The summed E-state index contributed by atoms with van der Waals surface area (Å²) < 4.78 is 5.82. The second-order valence-corrected chi connectivity index (χ2v) is 4.69. The maximum atomic E-state index is 11.0. The number of carboxylic acid groups (broad SMARTS) is 1. The molecule has 1 aliphatic rings. The van der Waals surface area contributed by atoms with Crippen molar-refractivity contribution in [2.75, 3.05) is 6.61 Å². The van der Waals surface area contributed by atoms with Crippen LogP contribution in [0.15, 0.2) is 12.1 Å². The molecule has 0 atom stereocenters. The Labute approximate surface area is 101 Å². The third-order valence-corrected chi connectivity index (χ3v) is 3.14. The number of hydrogen-bond donors (Lipinski definition) is 1. The standard InChI is InChI=1S/C14H18O3/c1-3-11-7-12(14(15)16)6-9(2)13(11)17-8-10-4-5-10/h6-7,10H,3-5,8H2,1-2H3,(H,15,16). The van der Waals surface area contributed by atoms with E-state index in [-0.39, 0.29) is 0 Å². The number of aryl methyl sites for hydroxylation is 2. The highest BCUT2D eigenvalue weighted by atomic mass is 16.5. The van der Waals surface area contributed by atoms with Gasteiger partial charge in [0.25, 0.3) is 0 Å². The van der Waals surface area contributed by atoms with Crippen LogP contribution in [0.1, 0.15) is 41.3 Å². The van der Waals surface area contributed by atoms with Crippen LogP contribution in [0.4, 0.5) is 0 Å². The summed E-state index contributed by atoms with van der Waals surface area (Å²) in [6, 6.07) is 3.40. The summed E-state index contributed by atoms with van der Waals surface area (Å²) >= 11 is 0. The molecule has 92 valence electrons. The van der Waals surface area contributed by atoms with Gasteiger partial charge in [0.05, 0.1) is 12.2 Å². The summed E-state index contributed by atoms with van der Waals surface area (Å²) in [6.07, 6.45) is 3.31. The molecule has 17 heavy (non-hydrogen) atoms. The molecule has 0 unspecified atom stereocenters. The molecule has 1 fully saturated rings. The molecule has 1 saturated carbocycles. The molecule has 0 heterocycles. The quantitative estimate of drug-likeness (QED) is 0.851. The van der Waals surface area contributed by atoms with Crippen molar-refractivity contribution in [2.24, 2.45) is 5.92 Å².